The first-order chi connectivity index (χ1) is 28.5. The largest absolute Gasteiger partial charge is 0.481 e. The molecule has 0 spiro atoms. The number of carbonyl (C=O) groups excluding carboxylic acids is 6. The Morgan fingerprint density at radius 3 is 2.22 bits per heavy atom. The summed E-state index contributed by atoms with van der Waals surface area (Å²) in [6.45, 7) is 5.25. The molecule has 0 aliphatic rings. The number of alkyl carbamates (subject to hydrolysis) is 1. The summed E-state index contributed by atoms with van der Waals surface area (Å²) in [5, 5.41) is 23.1. The number of primary amides is 1. The summed E-state index contributed by atoms with van der Waals surface area (Å²) in [7, 11) is 1.29. The Morgan fingerprint density at radius 2 is 1.55 bits per heavy atom. The van der Waals surface area contributed by atoms with E-state index in [0.29, 0.717) is 17.5 Å². The number of ether oxygens (including phenoxy) is 1. The van der Waals surface area contributed by atoms with E-state index in [-0.39, 0.29) is 38.1 Å². The summed E-state index contributed by atoms with van der Waals surface area (Å²) in [6, 6.07) is 14.5. The number of para-hydroxylation sites is 1. The van der Waals surface area contributed by atoms with Crippen LogP contribution in [-0.2, 0) is 46.3 Å². The smallest absolute Gasteiger partial charge is 0.408 e. The second-order valence-corrected chi connectivity index (χ2v) is 16.2. The SMILES string of the molecule is CN(C(=O)[C@H](CC(=O)O)NC(=O)[C@H](CCCCNC(=O)/C=C/c1cccs1)NC(=O)[C@H](Cc1c[nH]c2ccccc12)NC(=O)OC(C)(C)C)[C@@H](Cc1ccccc1)C(N)=O. The number of hydrogen-bond acceptors (Lipinski definition) is 9. The lowest BCUT2D eigenvalue weighted by Gasteiger charge is -2.30. The maximum atomic E-state index is 14.2. The second kappa shape index (κ2) is 22.0. The van der Waals surface area contributed by atoms with Gasteiger partial charge in [-0.1, -0.05) is 54.6 Å². The average molecular weight is 844 g/mol. The molecule has 2 aromatic heterocycles. The van der Waals surface area contributed by atoms with Gasteiger partial charge in [-0.3, -0.25) is 28.8 Å². The van der Waals surface area contributed by atoms with Crippen LogP contribution in [0.5, 0.6) is 0 Å². The first-order valence-electron chi connectivity index (χ1n) is 19.5. The number of fused-ring (bicyclic) bond motifs is 1. The topological polar surface area (TPSA) is 242 Å². The van der Waals surface area contributed by atoms with Gasteiger partial charge >= 0.3 is 12.1 Å². The zero-order valence-corrected chi connectivity index (χ0v) is 34.9. The summed E-state index contributed by atoms with van der Waals surface area (Å²) in [5.41, 5.74) is 6.99. The molecule has 60 heavy (non-hydrogen) atoms. The number of nitrogens with two attached hydrogens (primary N) is 1. The lowest BCUT2D eigenvalue weighted by atomic mass is 10.0. The lowest BCUT2D eigenvalue weighted by Crippen LogP contribution is -2.59. The predicted molar refractivity (Wildman–Crippen MR) is 227 cm³/mol. The summed E-state index contributed by atoms with van der Waals surface area (Å²) >= 11 is 1.48. The molecule has 4 aromatic rings. The molecule has 0 aliphatic carbocycles. The van der Waals surface area contributed by atoms with Gasteiger partial charge in [0.15, 0.2) is 0 Å². The third kappa shape index (κ3) is 14.7. The number of H-pyrrole nitrogens is 1. The van der Waals surface area contributed by atoms with Crippen molar-refractivity contribution < 1.29 is 43.4 Å². The number of benzene rings is 2. The zero-order chi connectivity index (χ0) is 43.8. The molecule has 17 heteroatoms. The fraction of sp³-hybridized carbons (Fsp3) is 0.372. The van der Waals surface area contributed by atoms with Gasteiger partial charge in [0.25, 0.3) is 0 Å². The van der Waals surface area contributed by atoms with Crippen LogP contribution in [0.1, 0.15) is 62.5 Å². The lowest BCUT2D eigenvalue weighted by molar-refractivity contribution is -0.146. The van der Waals surface area contributed by atoms with Gasteiger partial charge in [-0.15, -0.1) is 11.3 Å². The van der Waals surface area contributed by atoms with Crippen LogP contribution in [0.25, 0.3) is 17.0 Å². The van der Waals surface area contributed by atoms with Crippen LogP contribution in [0.4, 0.5) is 4.79 Å². The van der Waals surface area contributed by atoms with E-state index in [9.17, 15) is 38.7 Å². The molecule has 4 atom stereocenters. The first kappa shape index (κ1) is 46.2. The number of nitrogens with one attached hydrogen (secondary N) is 5. The number of likely N-dealkylation sites (N-methyl/N-ethyl adjacent to an activating group) is 1. The summed E-state index contributed by atoms with van der Waals surface area (Å²) in [6.07, 6.45) is 3.79. The number of nitrogens with zero attached hydrogens (tertiary/aromatic N) is 1. The Morgan fingerprint density at radius 1 is 0.867 bits per heavy atom. The molecule has 16 nitrogen and oxygen atoms in total. The third-order valence-corrected chi connectivity index (χ3v) is 10.1. The first-order valence-corrected chi connectivity index (χ1v) is 20.3. The van der Waals surface area contributed by atoms with Crippen LogP contribution in [0.2, 0.25) is 0 Å². The Balaban J connectivity index is 1.56. The van der Waals surface area contributed by atoms with E-state index in [2.05, 4.69) is 26.3 Å². The van der Waals surface area contributed by atoms with Crippen molar-refractivity contribution in [1.29, 1.82) is 0 Å². The highest BCUT2D eigenvalue weighted by molar-refractivity contribution is 7.10. The highest BCUT2D eigenvalue weighted by Crippen LogP contribution is 2.20. The van der Waals surface area contributed by atoms with Gasteiger partial charge in [0.05, 0.1) is 6.42 Å². The maximum Gasteiger partial charge on any atom is 0.408 e. The molecule has 0 fully saturated rings. The molecule has 320 valence electrons. The van der Waals surface area contributed by atoms with E-state index in [1.54, 1.807) is 63.4 Å². The van der Waals surface area contributed by atoms with E-state index in [1.807, 2.05) is 41.8 Å². The number of rotatable bonds is 21. The molecule has 0 unspecified atom stereocenters. The van der Waals surface area contributed by atoms with Gasteiger partial charge in [0, 0.05) is 54.5 Å². The quantitative estimate of drug-likeness (QED) is 0.0478. The molecular formula is C43H53N7O9S. The van der Waals surface area contributed by atoms with Crippen molar-refractivity contribution in [2.45, 2.75) is 89.1 Å². The fourth-order valence-corrected chi connectivity index (χ4v) is 6.94. The maximum absolute atomic E-state index is 14.2. The molecule has 4 rings (SSSR count). The standard InChI is InChI=1S/C43H53N7O9S/c1-43(2,3)59-42(58)49-33(24-28-26-46-31-17-9-8-16-30(28)31)40(56)47-32(18-10-11-21-45-36(51)20-19-29-15-12-22-60-29)39(55)48-34(25-37(52)53)41(57)50(4)35(38(44)54)23-27-13-6-5-7-14-27/h5-9,12-17,19-20,22,26,32-35,46H,10-11,18,21,23-25H2,1-4H3,(H2,44,54)(H,45,51)(H,47,56)(H,48,55)(H,49,58)(H,52,53)/b20-19+/t32-,33-,34-,35-/m0/s1. The van der Waals surface area contributed by atoms with Gasteiger partial charge in [-0.2, -0.15) is 0 Å². The Bertz CT molecular complexity index is 2130. The minimum Gasteiger partial charge on any atom is -0.481 e. The number of carboxylic acids is 1. The molecular weight excluding hydrogens is 791 g/mol. The molecule has 2 heterocycles. The molecule has 0 saturated heterocycles. The number of amides is 6. The molecule has 0 aliphatic heterocycles. The van der Waals surface area contributed by atoms with Gasteiger partial charge < -0.3 is 46.7 Å². The summed E-state index contributed by atoms with van der Waals surface area (Å²) < 4.78 is 5.45. The summed E-state index contributed by atoms with van der Waals surface area (Å²) in [4.78, 5) is 97.2. The van der Waals surface area contributed by atoms with E-state index < -0.39 is 71.9 Å². The van der Waals surface area contributed by atoms with Crippen LogP contribution in [0.3, 0.4) is 0 Å². The van der Waals surface area contributed by atoms with Crippen LogP contribution in [-0.4, -0.2) is 99.9 Å². The third-order valence-electron chi connectivity index (χ3n) is 9.31. The van der Waals surface area contributed by atoms with E-state index in [0.717, 1.165) is 20.7 Å². The average Bonchev–Trinajstić information content (AvgIpc) is 3.87. The van der Waals surface area contributed by atoms with Crippen LogP contribution >= 0.6 is 11.3 Å². The summed E-state index contributed by atoms with van der Waals surface area (Å²) in [5.74, 6) is -5.11. The Kier molecular flexibility index (Phi) is 17.0. The fourth-order valence-electron chi connectivity index (χ4n) is 6.32. The van der Waals surface area contributed by atoms with E-state index in [1.165, 1.54) is 24.5 Å². The van der Waals surface area contributed by atoms with Crippen molar-refractivity contribution >= 4 is 69.9 Å². The highest BCUT2D eigenvalue weighted by Gasteiger charge is 2.35. The number of aromatic amines is 1. The van der Waals surface area contributed by atoms with Gasteiger partial charge in [0.2, 0.25) is 29.5 Å². The van der Waals surface area contributed by atoms with Crippen molar-refractivity contribution in [3.8, 4) is 0 Å². The molecule has 0 radical (unpaired) electrons. The number of carboxylic acid groups (broad SMARTS) is 1. The number of aliphatic carboxylic acids is 1. The second-order valence-electron chi connectivity index (χ2n) is 15.2. The molecule has 0 saturated carbocycles. The number of carbonyl (C=O) groups is 7. The van der Waals surface area contributed by atoms with Crippen LogP contribution in [0, 0.1) is 0 Å². The normalized spacial score (nSPS) is 13.4. The van der Waals surface area contributed by atoms with Crippen molar-refractivity contribution in [3.63, 3.8) is 0 Å². The number of thiophene rings is 1. The Hall–Kier alpha value is -6.49. The number of aromatic nitrogens is 1. The molecule has 0 bridgehead atoms. The molecule has 6 amide bonds. The van der Waals surface area contributed by atoms with Gasteiger partial charge in [-0.25, -0.2) is 4.79 Å². The predicted octanol–water partition coefficient (Wildman–Crippen LogP) is 3.66. The van der Waals surface area contributed by atoms with Crippen molar-refractivity contribution in [1.82, 2.24) is 31.2 Å². The minimum absolute atomic E-state index is 0.00467. The van der Waals surface area contributed by atoms with Crippen molar-refractivity contribution in [2.24, 2.45) is 5.73 Å². The van der Waals surface area contributed by atoms with Crippen LogP contribution in [0.15, 0.2) is 84.4 Å². The Labute approximate surface area is 352 Å². The van der Waals surface area contributed by atoms with Crippen molar-refractivity contribution in [3.05, 3.63) is 100 Å². The van der Waals surface area contributed by atoms with Crippen LogP contribution < -0.4 is 27.0 Å². The van der Waals surface area contributed by atoms with Gasteiger partial charge in [-0.05, 0) is 74.7 Å². The number of hydrogen-bond donors (Lipinski definition) is 7. The van der Waals surface area contributed by atoms with Gasteiger partial charge in [0.1, 0.15) is 29.8 Å². The highest BCUT2D eigenvalue weighted by atomic mass is 32.1. The zero-order valence-electron chi connectivity index (χ0n) is 34.1. The van der Waals surface area contributed by atoms with E-state index >= 15 is 0 Å². The molecule has 8 N–H and O–H groups in total. The minimum atomic E-state index is -1.66. The molecule has 2 aromatic carbocycles. The van der Waals surface area contributed by atoms with Crippen molar-refractivity contribution in [2.75, 3.05) is 13.6 Å². The monoisotopic (exact) mass is 843 g/mol. The van der Waals surface area contributed by atoms with E-state index in [4.69, 9.17) is 10.5 Å². The number of unbranched alkanes of at least 4 members (excludes halogenated alkanes) is 1.